The summed E-state index contributed by atoms with van der Waals surface area (Å²) < 4.78 is 51.9. The van der Waals surface area contributed by atoms with Crippen LogP contribution in [0.1, 0.15) is 20.2 Å². The Hall–Kier alpha value is -2.53. The number of phenolic OH excluding ortho intramolecular Hbond substituents is 1. The molecule has 0 aliphatic heterocycles. The first-order valence-electron chi connectivity index (χ1n) is 10.7. The molecular weight excluding hydrogens is 302 g/mol. The second kappa shape index (κ2) is 7.36. The van der Waals surface area contributed by atoms with Crippen molar-refractivity contribution < 1.29 is 18.1 Å². The molecule has 126 valence electrons. The van der Waals surface area contributed by atoms with E-state index in [4.69, 9.17) is 13.0 Å². The third-order valence-electron chi connectivity index (χ3n) is 3.64. The molecule has 0 saturated carbocycles. The molecule has 0 aliphatic carbocycles. The first kappa shape index (κ1) is 10.4. The van der Waals surface area contributed by atoms with Crippen LogP contribution in [0.15, 0.2) is 48.5 Å². The van der Waals surface area contributed by atoms with Crippen molar-refractivity contribution in [2.45, 2.75) is 13.0 Å². The molecule has 5 nitrogen and oxygen atoms in total. The molecule has 3 aromatic rings. The van der Waals surface area contributed by atoms with Gasteiger partial charge in [-0.25, -0.2) is 0 Å². The first-order valence-corrected chi connectivity index (χ1v) is 7.70. The van der Waals surface area contributed by atoms with Crippen LogP contribution in [0, 0.1) is 0 Å². The molecule has 0 bridgehead atoms. The van der Waals surface area contributed by atoms with Gasteiger partial charge in [0.05, 0.1) is 24.1 Å². The first-order chi connectivity index (χ1) is 14.1. The number of hydrogen-bond donors (Lipinski definition) is 1. The zero-order valence-corrected chi connectivity index (χ0v) is 13.1. The van der Waals surface area contributed by atoms with Crippen LogP contribution < -0.4 is 4.74 Å². The molecule has 3 rings (SSSR count). The maximum atomic E-state index is 9.85. The maximum Gasteiger partial charge on any atom is 0.240 e. The number of benzene rings is 2. The number of nitrogens with zero attached hydrogens (tertiary/aromatic N) is 3. The van der Waals surface area contributed by atoms with Crippen molar-refractivity contribution in [3.8, 4) is 11.6 Å². The largest absolute Gasteiger partial charge is 0.508 e. The van der Waals surface area contributed by atoms with Crippen LogP contribution in [0.3, 0.4) is 0 Å². The fourth-order valence-electron chi connectivity index (χ4n) is 2.51. The van der Waals surface area contributed by atoms with E-state index in [1.54, 1.807) is 22.9 Å². The average Bonchev–Trinajstić information content (AvgIpc) is 2.97. The second-order valence-electron chi connectivity index (χ2n) is 5.50. The van der Waals surface area contributed by atoms with Gasteiger partial charge in [0.25, 0.3) is 0 Å². The third-order valence-corrected chi connectivity index (χ3v) is 3.64. The van der Waals surface area contributed by atoms with E-state index in [0.29, 0.717) is 22.7 Å². The summed E-state index contributed by atoms with van der Waals surface area (Å²) in [4.78, 5) is 0.501. The molecule has 0 fully saturated rings. The summed E-state index contributed by atoms with van der Waals surface area (Å²) in [5.74, 6) is 0.369. The van der Waals surface area contributed by atoms with Crippen molar-refractivity contribution in [1.82, 2.24) is 14.7 Å². The molecule has 2 aromatic carbocycles. The molecule has 0 atom stereocenters. The summed E-state index contributed by atoms with van der Waals surface area (Å²) in [6, 6.07) is 14.6. The molecule has 24 heavy (non-hydrogen) atoms. The minimum atomic E-state index is -2.72. The summed E-state index contributed by atoms with van der Waals surface area (Å²) in [5.41, 5.74) is 1.82. The Bertz CT molecular complexity index is 972. The smallest absolute Gasteiger partial charge is 0.240 e. The van der Waals surface area contributed by atoms with E-state index >= 15 is 0 Å². The van der Waals surface area contributed by atoms with Gasteiger partial charge in [-0.1, -0.05) is 30.3 Å². The van der Waals surface area contributed by atoms with Gasteiger partial charge in [-0.2, -0.15) is 0 Å². The number of ether oxygens (including phenoxy) is 1. The molecule has 0 spiro atoms. The molecular formula is C19H23N3O2. The number of aromatic hydroxyl groups is 1. The Kier molecular flexibility index (Phi) is 3.18. The van der Waals surface area contributed by atoms with Crippen molar-refractivity contribution in [2.75, 3.05) is 27.1 Å². The number of hydrogen-bond acceptors (Lipinski definition) is 4. The van der Waals surface area contributed by atoms with Crippen molar-refractivity contribution in [3.05, 3.63) is 54.1 Å². The highest BCUT2D eigenvalue weighted by Gasteiger charge is 2.13. The molecule has 1 aromatic heterocycles. The van der Waals surface area contributed by atoms with Gasteiger partial charge >= 0.3 is 0 Å². The van der Waals surface area contributed by atoms with Gasteiger partial charge in [0.1, 0.15) is 5.75 Å². The lowest BCUT2D eigenvalue weighted by atomic mass is 10.2. The SMILES string of the molecule is [2H]C([2H])([2H])N(CCCOc1nn(Cc2ccccc2)c2ccc(O)cc12)C([2H])([2H])[2H]. The van der Waals surface area contributed by atoms with E-state index in [2.05, 4.69) is 5.10 Å². The van der Waals surface area contributed by atoms with E-state index in [0.717, 1.165) is 11.1 Å². The fraction of sp³-hybridized carbons (Fsp3) is 0.316. The average molecular weight is 331 g/mol. The van der Waals surface area contributed by atoms with Crippen LogP contribution in [0.25, 0.3) is 10.9 Å². The van der Waals surface area contributed by atoms with Gasteiger partial charge in [0, 0.05) is 14.8 Å². The van der Waals surface area contributed by atoms with Crippen LogP contribution in [0.5, 0.6) is 11.6 Å². The predicted molar refractivity (Wildman–Crippen MR) is 95.6 cm³/mol. The van der Waals surface area contributed by atoms with Crippen LogP contribution in [0.4, 0.5) is 0 Å². The monoisotopic (exact) mass is 331 g/mol. The van der Waals surface area contributed by atoms with E-state index in [1.807, 2.05) is 30.3 Å². The third kappa shape index (κ3) is 3.86. The van der Waals surface area contributed by atoms with E-state index in [9.17, 15) is 5.11 Å². The normalized spacial score (nSPS) is 16.0. The molecule has 0 saturated heterocycles. The van der Waals surface area contributed by atoms with E-state index in [-0.39, 0.29) is 25.3 Å². The van der Waals surface area contributed by atoms with Gasteiger partial charge < -0.3 is 14.7 Å². The minimum Gasteiger partial charge on any atom is -0.508 e. The standard InChI is InChI=1S/C19H23N3O2/c1-21(2)11-6-12-24-19-17-13-16(23)9-10-18(17)22(20-19)14-15-7-4-3-5-8-15/h3-5,7-10,13,23H,6,11-12,14H2,1-2H3/i1D3,2D3. The Morgan fingerprint density at radius 3 is 2.83 bits per heavy atom. The maximum absolute atomic E-state index is 9.85. The lowest BCUT2D eigenvalue weighted by Crippen LogP contribution is -2.15. The van der Waals surface area contributed by atoms with Crippen molar-refractivity contribution in [1.29, 1.82) is 0 Å². The van der Waals surface area contributed by atoms with E-state index in [1.165, 1.54) is 0 Å². The number of fused-ring (bicyclic) bond motifs is 1. The quantitative estimate of drug-likeness (QED) is 0.676. The summed E-state index contributed by atoms with van der Waals surface area (Å²) in [6.45, 7) is -5.03. The Morgan fingerprint density at radius 2 is 2.04 bits per heavy atom. The molecule has 0 aliphatic rings. The van der Waals surface area contributed by atoms with Crippen molar-refractivity contribution in [2.24, 2.45) is 0 Å². The molecule has 0 amide bonds. The number of rotatable bonds is 7. The lowest BCUT2D eigenvalue weighted by molar-refractivity contribution is 0.273. The van der Waals surface area contributed by atoms with Crippen molar-refractivity contribution in [3.63, 3.8) is 0 Å². The summed E-state index contributed by atoms with van der Waals surface area (Å²) in [7, 11) is 0. The highest BCUT2D eigenvalue weighted by Crippen LogP contribution is 2.29. The zero-order chi connectivity index (χ0) is 21.9. The Morgan fingerprint density at radius 1 is 1.21 bits per heavy atom. The summed E-state index contributed by atoms with van der Waals surface area (Å²) in [5, 5.41) is 15.0. The van der Waals surface area contributed by atoms with Crippen molar-refractivity contribution >= 4 is 10.9 Å². The zero-order valence-electron chi connectivity index (χ0n) is 19.1. The molecule has 0 radical (unpaired) electrons. The van der Waals surface area contributed by atoms with Crippen LogP contribution in [-0.2, 0) is 6.54 Å². The highest BCUT2D eigenvalue weighted by atomic mass is 16.5. The lowest BCUT2D eigenvalue weighted by Gasteiger charge is -2.09. The highest BCUT2D eigenvalue weighted by molar-refractivity contribution is 5.86. The minimum absolute atomic E-state index is 0.0718. The van der Waals surface area contributed by atoms with Gasteiger partial charge in [-0.05, 0) is 44.1 Å². The van der Waals surface area contributed by atoms with Crippen LogP contribution >= 0.6 is 0 Å². The van der Waals surface area contributed by atoms with Gasteiger partial charge in [-0.3, -0.25) is 4.68 Å². The number of phenols is 1. The number of aromatic nitrogens is 2. The molecule has 5 heteroatoms. The van der Waals surface area contributed by atoms with E-state index < -0.39 is 14.0 Å². The van der Waals surface area contributed by atoms with Crippen LogP contribution in [-0.4, -0.2) is 46.9 Å². The van der Waals surface area contributed by atoms with Gasteiger partial charge in [0.15, 0.2) is 0 Å². The summed E-state index contributed by atoms with van der Waals surface area (Å²) in [6.07, 6.45) is 0.183. The molecule has 1 heterocycles. The second-order valence-corrected chi connectivity index (χ2v) is 5.50. The molecule has 0 unspecified atom stereocenters. The predicted octanol–water partition coefficient (Wildman–Crippen LogP) is 3.12. The van der Waals surface area contributed by atoms with Gasteiger partial charge in [-0.15, -0.1) is 5.10 Å². The molecule has 1 N–H and O–H groups in total. The fourth-order valence-corrected chi connectivity index (χ4v) is 2.51. The Labute approximate surface area is 150 Å². The topological polar surface area (TPSA) is 50.5 Å². The Balaban J connectivity index is 1.74. The van der Waals surface area contributed by atoms with Gasteiger partial charge in [0.2, 0.25) is 5.88 Å². The van der Waals surface area contributed by atoms with Crippen LogP contribution in [0.2, 0.25) is 0 Å². The summed E-state index contributed by atoms with van der Waals surface area (Å²) >= 11 is 0.